The van der Waals surface area contributed by atoms with Crippen molar-refractivity contribution in [3.63, 3.8) is 0 Å². The molecule has 0 aliphatic carbocycles. The highest BCUT2D eigenvalue weighted by Gasteiger charge is 2.33. The van der Waals surface area contributed by atoms with E-state index in [1.807, 2.05) is 0 Å². The van der Waals surface area contributed by atoms with Crippen LogP contribution in [-0.4, -0.2) is 31.7 Å². The molecule has 2 aromatic carbocycles. The van der Waals surface area contributed by atoms with Crippen LogP contribution in [0.3, 0.4) is 0 Å². The first-order valence-corrected chi connectivity index (χ1v) is 9.91. The van der Waals surface area contributed by atoms with E-state index in [0.717, 1.165) is 11.8 Å². The van der Waals surface area contributed by atoms with E-state index < -0.39 is 33.3 Å². The molecule has 1 aliphatic heterocycles. The van der Waals surface area contributed by atoms with Crippen molar-refractivity contribution < 1.29 is 32.6 Å². The monoisotopic (exact) mass is 410 g/mol. The Balaban J connectivity index is 1.92. The molecule has 3 rings (SSSR count). The van der Waals surface area contributed by atoms with Gasteiger partial charge in [0.15, 0.2) is 5.82 Å². The molecule has 1 heterocycles. The fraction of sp³-hybridized carbons (Fsp3) is 0.278. The highest BCUT2D eigenvalue weighted by molar-refractivity contribution is 7.91. The Kier molecular flexibility index (Phi) is 5.32. The highest BCUT2D eigenvalue weighted by Crippen LogP contribution is 2.39. The van der Waals surface area contributed by atoms with Gasteiger partial charge in [-0.05, 0) is 42.3 Å². The maximum absolute atomic E-state index is 15.1. The summed E-state index contributed by atoms with van der Waals surface area (Å²) in [5.41, 5.74) is 0.223. The fourth-order valence-electron chi connectivity index (χ4n) is 3.01. The second-order valence-corrected chi connectivity index (χ2v) is 7.86. The number of aryl methyl sites for hydroxylation is 1. The van der Waals surface area contributed by atoms with Crippen LogP contribution < -0.4 is 9.03 Å². The lowest BCUT2D eigenvalue weighted by atomic mass is 10.0. The number of aliphatic hydroxyl groups is 1. The number of phenols is 1. The van der Waals surface area contributed by atoms with Gasteiger partial charge in [-0.15, -0.1) is 0 Å². The molecule has 0 amide bonds. The number of unbranched alkanes of at least 4 members (excludes halogenated alkanes) is 1. The minimum Gasteiger partial charge on any atom is -0.506 e. The molecule has 10 heteroatoms. The molecule has 0 saturated carbocycles. The van der Waals surface area contributed by atoms with Gasteiger partial charge in [0, 0.05) is 11.8 Å². The van der Waals surface area contributed by atoms with Crippen molar-refractivity contribution in [1.29, 1.82) is 0 Å². The van der Waals surface area contributed by atoms with Crippen LogP contribution in [0.25, 0.3) is 10.8 Å². The molecule has 0 radical (unpaired) electrons. The van der Waals surface area contributed by atoms with Crippen LogP contribution in [0.1, 0.15) is 24.8 Å². The van der Waals surface area contributed by atoms with Crippen LogP contribution in [0.5, 0.6) is 5.75 Å². The second-order valence-electron chi connectivity index (χ2n) is 6.31. The zero-order valence-electron chi connectivity index (χ0n) is 15.0. The summed E-state index contributed by atoms with van der Waals surface area (Å²) >= 11 is 0. The SMILES string of the molecule is COC(=O)CCCCc1ccc2cc(O)c(N3C=C(O)NS3(=O)=O)c(F)c2c1. The summed E-state index contributed by atoms with van der Waals surface area (Å²) in [7, 11) is -2.92. The largest absolute Gasteiger partial charge is 0.506 e. The molecule has 3 N–H and O–H groups in total. The van der Waals surface area contributed by atoms with Crippen LogP contribution in [0.2, 0.25) is 0 Å². The number of aliphatic hydroxyl groups excluding tert-OH is 1. The first-order chi connectivity index (χ1) is 13.2. The number of rotatable bonds is 6. The number of hydrogen-bond acceptors (Lipinski definition) is 6. The fourth-order valence-corrected chi connectivity index (χ4v) is 4.08. The van der Waals surface area contributed by atoms with Gasteiger partial charge in [0.05, 0.1) is 13.3 Å². The molecule has 2 aromatic rings. The number of carbonyl (C=O) groups is 1. The van der Waals surface area contributed by atoms with Crippen LogP contribution in [0, 0.1) is 5.82 Å². The van der Waals surface area contributed by atoms with E-state index in [1.54, 1.807) is 22.9 Å². The normalized spacial score (nSPS) is 15.4. The lowest BCUT2D eigenvalue weighted by Gasteiger charge is -2.17. The van der Waals surface area contributed by atoms with Gasteiger partial charge in [0.1, 0.15) is 11.4 Å². The maximum Gasteiger partial charge on any atom is 0.330 e. The summed E-state index contributed by atoms with van der Waals surface area (Å²) in [5, 5.41) is 20.1. The number of nitrogens with one attached hydrogen (secondary N) is 1. The van der Waals surface area contributed by atoms with Gasteiger partial charge < -0.3 is 14.9 Å². The molecule has 0 saturated heterocycles. The summed E-state index contributed by atoms with van der Waals surface area (Å²) in [4.78, 5) is 11.1. The lowest BCUT2D eigenvalue weighted by molar-refractivity contribution is -0.140. The summed E-state index contributed by atoms with van der Waals surface area (Å²) in [6.07, 6.45) is 2.97. The number of esters is 1. The molecule has 0 unspecified atom stereocenters. The Morgan fingerprint density at radius 2 is 2.00 bits per heavy atom. The van der Waals surface area contributed by atoms with E-state index >= 15 is 4.39 Å². The number of nitrogens with zero attached hydrogens (tertiary/aromatic N) is 1. The Morgan fingerprint density at radius 1 is 1.25 bits per heavy atom. The zero-order valence-corrected chi connectivity index (χ0v) is 15.8. The first kappa shape index (κ1) is 19.7. The molecule has 0 spiro atoms. The molecular formula is C18H19FN2O6S. The molecule has 8 nitrogen and oxygen atoms in total. The number of benzene rings is 2. The Morgan fingerprint density at radius 3 is 2.64 bits per heavy atom. The van der Waals surface area contributed by atoms with Gasteiger partial charge >= 0.3 is 16.2 Å². The summed E-state index contributed by atoms with van der Waals surface area (Å²) < 4.78 is 46.0. The zero-order chi connectivity index (χ0) is 20.5. The molecule has 28 heavy (non-hydrogen) atoms. The van der Waals surface area contributed by atoms with E-state index in [9.17, 15) is 23.4 Å². The lowest BCUT2D eigenvalue weighted by Crippen LogP contribution is -2.30. The number of methoxy groups -OCH3 is 1. The number of fused-ring (bicyclic) bond motifs is 1. The van der Waals surface area contributed by atoms with Gasteiger partial charge in [0.2, 0.25) is 5.88 Å². The van der Waals surface area contributed by atoms with Crippen molar-refractivity contribution in [2.24, 2.45) is 0 Å². The molecule has 0 atom stereocenters. The number of aromatic hydroxyl groups is 1. The predicted molar refractivity (Wildman–Crippen MR) is 100 cm³/mol. The van der Waals surface area contributed by atoms with Crippen molar-refractivity contribution in [3.05, 3.63) is 47.7 Å². The molecule has 1 aliphatic rings. The quantitative estimate of drug-likeness (QED) is 0.498. The minimum atomic E-state index is -4.24. The average Bonchev–Trinajstić information content (AvgIpc) is 2.91. The number of phenolic OH excluding ortho intramolecular Hbond substituents is 1. The van der Waals surface area contributed by atoms with Crippen LogP contribution in [0.4, 0.5) is 10.1 Å². The van der Waals surface area contributed by atoms with E-state index in [1.165, 1.54) is 13.2 Å². The molecular weight excluding hydrogens is 391 g/mol. The number of halogens is 1. The summed E-state index contributed by atoms with van der Waals surface area (Å²) in [5.74, 6) is -2.48. The van der Waals surface area contributed by atoms with Gasteiger partial charge in [-0.1, -0.05) is 12.1 Å². The molecule has 150 valence electrons. The van der Waals surface area contributed by atoms with Crippen LogP contribution >= 0.6 is 0 Å². The van der Waals surface area contributed by atoms with Crippen molar-refractivity contribution >= 4 is 32.6 Å². The minimum absolute atomic E-state index is 0.133. The summed E-state index contributed by atoms with van der Waals surface area (Å²) in [6, 6.07) is 6.24. The van der Waals surface area contributed by atoms with E-state index in [4.69, 9.17) is 0 Å². The smallest absolute Gasteiger partial charge is 0.330 e. The van der Waals surface area contributed by atoms with Crippen molar-refractivity contribution in [1.82, 2.24) is 4.72 Å². The standard InChI is InChI=1S/C18H19FN2O6S/c1-27-16(24)5-3-2-4-11-6-7-12-9-14(22)18(17(19)13(12)8-11)21-10-15(23)20-28(21,25)26/h6-10,20,22-23H,2-5H2,1H3. The van der Waals surface area contributed by atoms with Crippen molar-refractivity contribution in [2.45, 2.75) is 25.7 Å². The third kappa shape index (κ3) is 3.81. The maximum atomic E-state index is 15.1. The van der Waals surface area contributed by atoms with Gasteiger partial charge in [0.25, 0.3) is 0 Å². The number of hydrogen-bond donors (Lipinski definition) is 3. The predicted octanol–water partition coefficient (Wildman–Crippen LogP) is 2.58. The summed E-state index contributed by atoms with van der Waals surface area (Å²) in [6.45, 7) is 0. The van der Waals surface area contributed by atoms with Crippen LogP contribution in [-0.2, 0) is 26.2 Å². The van der Waals surface area contributed by atoms with Crippen molar-refractivity contribution in [3.8, 4) is 5.75 Å². The Labute approximate surface area is 161 Å². The second kappa shape index (κ2) is 7.55. The van der Waals surface area contributed by atoms with Gasteiger partial charge in [-0.25, -0.2) is 13.4 Å². The van der Waals surface area contributed by atoms with Gasteiger partial charge in [-0.2, -0.15) is 8.42 Å². The number of ether oxygens (including phenoxy) is 1. The third-order valence-corrected chi connectivity index (χ3v) is 5.65. The number of carbonyl (C=O) groups excluding carboxylic acids is 1. The molecule has 0 aromatic heterocycles. The van der Waals surface area contributed by atoms with E-state index in [2.05, 4.69) is 4.74 Å². The Bertz CT molecular complexity index is 1070. The molecule has 0 bridgehead atoms. The average molecular weight is 410 g/mol. The van der Waals surface area contributed by atoms with Crippen LogP contribution in [0.15, 0.2) is 36.3 Å². The first-order valence-electron chi connectivity index (χ1n) is 8.47. The topological polar surface area (TPSA) is 116 Å². The Hall–Kier alpha value is -3.01. The van der Waals surface area contributed by atoms with Crippen molar-refractivity contribution in [2.75, 3.05) is 11.4 Å². The van der Waals surface area contributed by atoms with Gasteiger partial charge in [-0.3, -0.25) is 4.79 Å². The molecule has 0 fully saturated rings. The highest BCUT2D eigenvalue weighted by atomic mass is 32.2. The third-order valence-electron chi connectivity index (χ3n) is 4.37. The van der Waals surface area contributed by atoms with E-state index in [-0.39, 0.29) is 11.4 Å². The van der Waals surface area contributed by atoms with E-state index in [0.29, 0.717) is 35.4 Å². The number of anilines is 1.